The van der Waals surface area contributed by atoms with Crippen LogP contribution in [0.5, 0.6) is 0 Å². The average Bonchev–Trinajstić information content (AvgIpc) is 2.27. The zero-order chi connectivity index (χ0) is 12.3. The van der Waals surface area contributed by atoms with Crippen molar-refractivity contribution in [1.82, 2.24) is 5.32 Å². The molecule has 16 heavy (non-hydrogen) atoms. The maximum absolute atomic E-state index is 11.1. The van der Waals surface area contributed by atoms with E-state index in [0.29, 0.717) is 0 Å². The van der Waals surface area contributed by atoms with Gasteiger partial charge in [-0.25, -0.2) is 0 Å². The van der Waals surface area contributed by atoms with Crippen LogP contribution in [0.4, 0.5) is 0 Å². The minimum Gasteiger partial charge on any atom is -0.324 e. The van der Waals surface area contributed by atoms with E-state index in [1.54, 1.807) is 0 Å². The molecule has 1 atom stereocenters. The van der Waals surface area contributed by atoms with E-state index in [-0.39, 0.29) is 6.16 Å². The van der Waals surface area contributed by atoms with Gasteiger partial charge in [-0.2, -0.15) is 0 Å². The van der Waals surface area contributed by atoms with Gasteiger partial charge in [0.1, 0.15) is 0 Å². The van der Waals surface area contributed by atoms with Gasteiger partial charge in [-0.15, -0.1) is 0 Å². The minimum absolute atomic E-state index is 0.284. The van der Waals surface area contributed by atoms with Gasteiger partial charge in [-0.05, 0) is 32.4 Å². The van der Waals surface area contributed by atoms with Gasteiger partial charge in [-0.3, -0.25) is 4.57 Å². The first kappa shape index (κ1) is 16.1. The van der Waals surface area contributed by atoms with Gasteiger partial charge in [-0.1, -0.05) is 26.2 Å². The summed E-state index contributed by atoms with van der Waals surface area (Å²) in [6.45, 7) is 4.34. The highest BCUT2D eigenvalue weighted by Gasteiger charge is 2.15. The van der Waals surface area contributed by atoms with Gasteiger partial charge < -0.3 is 14.7 Å². The van der Waals surface area contributed by atoms with Crippen LogP contribution in [0.25, 0.3) is 0 Å². The van der Waals surface area contributed by atoms with Gasteiger partial charge in [0.25, 0.3) is 0 Å². The van der Waals surface area contributed by atoms with E-state index in [9.17, 15) is 4.57 Å². The Morgan fingerprint density at radius 1 is 1.12 bits per heavy atom. The summed E-state index contributed by atoms with van der Waals surface area (Å²) in [5.41, 5.74) is 0. The van der Waals surface area contributed by atoms with Crippen molar-refractivity contribution < 1.29 is 14.0 Å². The Kier molecular flexibility index (Phi) is 10.3. The third kappa shape index (κ3) is 10.6. The van der Waals surface area contributed by atoms with E-state index < -0.39 is 7.60 Å². The molecule has 98 valence electrons. The lowest BCUT2D eigenvalue weighted by Gasteiger charge is -2.08. The molecule has 0 spiro atoms. The Morgan fingerprint density at radius 3 is 2.38 bits per heavy atom. The van der Waals surface area contributed by atoms with Crippen molar-refractivity contribution in [2.45, 2.75) is 45.4 Å². The van der Waals surface area contributed by atoms with Crippen molar-refractivity contribution in [3.63, 3.8) is 0 Å². The van der Waals surface area contributed by atoms with Crippen molar-refractivity contribution in [3.05, 3.63) is 0 Å². The average molecular weight is 251 g/mol. The van der Waals surface area contributed by atoms with Crippen LogP contribution in [0.2, 0.25) is 0 Å². The molecule has 0 saturated heterocycles. The fourth-order valence-electron chi connectivity index (χ4n) is 1.43. The Bertz CT molecular complexity index is 200. The molecule has 0 aliphatic rings. The van der Waals surface area contributed by atoms with Crippen molar-refractivity contribution in [1.29, 1.82) is 0 Å². The largest absolute Gasteiger partial charge is 0.327 e. The monoisotopic (exact) mass is 251 g/mol. The van der Waals surface area contributed by atoms with Crippen LogP contribution in [0.1, 0.15) is 45.4 Å². The molecule has 0 heterocycles. The Hall–Kier alpha value is 0.110. The van der Waals surface area contributed by atoms with Gasteiger partial charge in [0.05, 0.1) is 0 Å². The highest BCUT2D eigenvalue weighted by atomic mass is 31.2. The summed E-state index contributed by atoms with van der Waals surface area (Å²) in [7, 11) is -1.97. The van der Waals surface area contributed by atoms with Crippen LogP contribution in [-0.4, -0.2) is 31.3 Å². The third-order valence-electron chi connectivity index (χ3n) is 2.54. The molecule has 0 amide bonds. The summed E-state index contributed by atoms with van der Waals surface area (Å²) in [4.78, 5) is 9.14. The SMILES string of the molecule is CCCCNCCCCCCP(=O)(O)OC. The van der Waals surface area contributed by atoms with Gasteiger partial charge >= 0.3 is 7.60 Å². The normalized spacial score (nSPS) is 14.9. The molecule has 0 fully saturated rings. The summed E-state index contributed by atoms with van der Waals surface area (Å²) in [6.07, 6.45) is 6.79. The van der Waals surface area contributed by atoms with Crippen molar-refractivity contribution >= 4 is 7.60 Å². The maximum Gasteiger partial charge on any atom is 0.327 e. The molecule has 2 N–H and O–H groups in total. The number of nitrogens with one attached hydrogen (secondary N) is 1. The van der Waals surface area contributed by atoms with E-state index >= 15 is 0 Å². The molecule has 0 rings (SSSR count). The molecule has 0 aromatic carbocycles. The molecule has 0 saturated carbocycles. The smallest absolute Gasteiger partial charge is 0.324 e. The van der Waals surface area contributed by atoms with E-state index in [4.69, 9.17) is 4.89 Å². The first-order valence-electron chi connectivity index (χ1n) is 6.20. The predicted molar refractivity (Wildman–Crippen MR) is 67.9 cm³/mol. The van der Waals surface area contributed by atoms with Crippen LogP contribution in [-0.2, 0) is 9.09 Å². The zero-order valence-corrected chi connectivity index (χ0v) is 11.5. The quantitative estimate of drug-likeness (QED) is 0.438. The van der Waals surface area contributed by atoms with Gasteiger partial charge in [0, 0.05) is 13.3 Å². The highest BCUT2D eigenvalue weighted by molar-refractivity contribution is 7.52. The van der Waals surface area contributed by atoms with Crippen molar-refractivity contribution in [2.24, 2.45) is 0 Å². The predicted octanol–water partition coefficient (Wildman–Crippen LogP) is 2.77. The molecular formula is C11H26NO3P. The Labute approximate surface area is 99.3 Å². The van der Waals surface area contributed by atoms with E-state index in [1.165, 1.54) is 20.0 Å². The molecule has 0 bridgehead atoms. The highest BCUT2D eigenvalue weighted by Crippen LogP contribution is 2.41. The molecule has 0 aromatic rings. The molecule has 0 aliphatic heterocycles. The number of hydrogen-bond donors (Lipinski definition) is 2. The van der Waals surface area contributed by atoms with E-state index in [1.807, 2.05) is 0 Å². The topological polar surface area (TPSA) is 58.6 Å². The van der Waals surface area contributed by atoms with Crippen molar-refractivity contribution in [3.8, 4) is 0 Å². The Balaban J connectivity index is 3.13. The zero-order valence-electron chi connectivity index (χ0n) is 10.6. The summed E-state index contributed by atoms with van der Waals surface area (Å²) < 4.78 is 15.6. The molecule has 1 unspecified atom stereocenters. The van der Waals surface area contributed by atoms with Crippen LogP contribution < -0.4 is 5.32 Å². The lowest BCUT2D eigenvalue weighted by molar-refractivity contribution is 0.314. The van der Waals surface area contributed by atoms with E-state index in [2.05, 4.69) is 16.8 Å². The minimum atomic E-state index is -3.26. The second-order valence-corrected chi connectivity index (χ2v) is 6.15. The lowest BCUT2D eigenvalue weighted by atomic mass is 10.2. The second kappa shape index (κ2) is 10.3. The summed E-state index contributed by atoms with van der Waals surface area (Å²) in [6, 6.07) is 0. The summed E-state index contributed by atoms with van der Waals surface area (Å²) in [5, 5.41) is 3.38. The third-order valence-corrected chi connectivity index (χ3v) is 3.99. The van der Waals surface area contributed by atoms with Gasteiger partial charge in [0.15, 0.2) is 0 Å². The fourth-order valence-corrected chi connectivity index (χ4v) is 2.24. The van der Waals surface area contributed by atoms with Crippen LogP contribution >= 0.6 is 7.60 Å². The lowest BCUT2D eigenvalue weighted by Crippen LogP contribution is -2.16. The first-order chi connectivity index (χ1) is 7.62. The second-order valence-electron chi connectivity index (χ2n) is 4.06. The van der Waals surface area contributed by atoms with Gasteiger partial charge in [0.2, 0.25) is 0 Å². The molecule has 5 heteroatoms. The summed E-state index contributed by atoms with van der Waals surface area (Å²) in [5.74, 6) is 0. The van der Waals surface area contributed by atoms with Crippen LogP contribution in [0.15, 0.2) is 0 Å². The Morgan fingerprint density at radius 2 is 1.75 bits per heavy atom. The van der Waals surface area contributed by atoms with Crippen LogP contribution in [0.3, 0.4) is 0 Å². The molecular weight excluding hydrogens is 225 g/mol. The molecule has 0 aromatic heterocycles. The molecule has 4 nitrogen and oxygen atoms in total. The number of hydrogen-bond acceptors (Lipinski definition) is 3. The number of unbranched alkanes of at least 4 members (excludes halogenated alkanes) is 4. The van der Waals surface area contributed by atoms with Crippen molar-refractivity contribution in [2.75, 3.05) is 26.4 Å². The standard InChI is InChI=1S/C11H26NO3P/c1-3-4-9-12-10-7-5-6-8-11-16(13,14)15-2/h12H,3-11H2,1-2H3,(H,13,14). The fraction of sp³-hybridized carbons (Fsp3) is 1.00. The molecule has 0 aliphatic carbocycles. The number of rotatable bonds is 11. The maximum atomic E-state index is 11.1. The molecule has 0 radical (unpaired) electrons. The first-order valence-corrected chi connectivity index (χ1v) is 7.97. The summed E-state index contributed by atoms with van der Waals surface area (Å²) >= 11 is 0. The van der Waals surface area contributed by atoms with E-state index in [0.717, 1.165) is 38.8 Å². The van der Waals surface area contributed by atoms with Crippen LogP contribution in [0, 0.1) is 0 Å².